The second kappa shape index (κ2) is 43.2. The number of thiazole rings is 3. The van der Waals surface area contributed by atoms with Crippen molar-refractivity contribution in [2.24, 2.45) is 0 Å². The maximum absolute atomic E-state index is 13.4. The lowest BCUT2D eigenvalue weighted by atomic mass is 10.1. The van der Waals surface area contributed by atoms with Gasteiger partial charge in [0, 0.05) is 125 Å². The van der Waals surface area contributed by atoms with Gasteiger partial charge in [0.2, 0.25) is 13.6 Å². The largest absolute Gasteiger partial charge is 0.497 e. The molecule has 4 aliphatic heterocycles. The van der Waals surface area contributed by atoms with Gasteiger partial charge in [-0.25, -0.2) is 19.7 Å². The number of alkyl halides is 6. The molecule has 22 nitrogen and oxygen atoms in total. The number of aryl methyl sites for hydroxylation is 1. The Morgan fingerprint density at radius 2 is 0.930 bits per heavy atom. The summed E-state index contributed by atoms with van der Waals surface area (Å²) in [7, 11) is 5.07. The first-order chi connectivity index (χ1) is 61.9. The maximum Gasteiger partial charge on any atom is 0.416 e. The molecule has 3 aromatic heterocycles. The van der Waals surface area contributed by atoms with Gasteiger partial charge in [0.25, 0.3) is 5.91 Å². The molecular weight excluding hydrogens is 1710 g/mol. The molecule has 4 aliphatic rings. The lowest BCUT2D eigenvalue weighted by Gasteiger charge is -2.38. The number of nitrogens with zero attached hydrogens (tertiary/aromatic N) is 10. The van der Waals surface area contributed by atoms with Crippen LogP contribution in [-0.2, 0) is 82.6 Å². The second-order valence-electron chi connectivity index (χ2n) is 30.7. The molecule has 0 unspecified atom stereocenters. The maximum atomic E-state index is 13.4. The van der Waals surface area contributed by atoms with E-state index in [1.807, 2.05) is 145 Å². The van der Waals surface area contributed by atoms with Crippen LogP contribution in [0.25, 0.3) is 11.4 Å². The Kier molecular flexibility index (Phi) is 30.9. The Morgan fingerprint density at radius 1 is 0.453 bits per heavy atom. The minimum Gasteiger partial charge on any atom is -0.497 e. The molecule has 31 heteroatoms. The van der Waals surface area contributed by atoms with Crippen LogP contribution in [0.2, 0.25) is 0 Å². The number of halogens is 6. The number of ether oxygens (including phenoxy) is 9. The molecule has 128 heavy (non-hydrogen) atoms. The molecule has 9 aromatic carbocycles. The number of nitrogens with one attached hydrogen (secondary N) is 1. The van der Waals surface area contributed by atoms with Crippen LogP contribution in [0.1, 0.15) is 99.5 Å². The zero-order valence-electron chi connectivity index (χ0n) is 71.6. The highest BCUT2D eigenvalue weighted by Gasteiger charge is 2.34. The number of para-hydroxylation sites is 2. The topological polar surface area (TPSA) is 191 Å². The van der Waals surface area contributed by atoms with Crippen molar-refractivity contribution in [2.45, 2.75) is 91.7 Å². The van der Waals surface area contributed by atoms with Gasteiger partial charge in [0.1, 0.15) is 50.3 Å². The van der Waals surface area contributed by atoms with Gasteiger partial charge in [-0.3, -0.25) is 19.5 Å². The van der Waals surface area contributed by atoms with E-state index >= 15 is 0 Å². The Morgan fingerprint density at radius 3 is 1.49 bits per heavy atom. The van der Waals surface area contributed by atoms with Gasteiger partial charge in [0.15, 0.2) is 23.0 Å². The van der Waals surface area contributed by atoms with Crippen molar-refractivity contribution in [2.75, 3.05) is 104 Å². The number of hydrogen-bond donors (Lipinski definition) is 1. The van der Waals surface area contributed by atoms with Crippen LogP contribution in [0.4, 0.5) is 42.5 Å². The fourth-order valence-electron chi connectivity index (χ4n) is 14.9. The Labute approximate surface area is 752 Å². The first-order valence-corrected chi connectivity index (χ1v) is 44.2. The summed E-state index contributed by atoms with van der Waals surface area (Å²) in [5, 5.41) is 11.6. The third-order valence-corrected chi connectivity index (χ3v) is 24.1. The minimum absolute atomic E-state index is 0.176. The van der Waals surface area contributed by atoms with Gasteiger partial charge in [-0.15, -0.1) is 34.0 Å². The second-order valence-corrected chi connectivity index (χ2v) is 33.6. The fraction of sp³-hybridized carbons (Fsp3) is 0.289. The molecule has 0 aliphatic carbocycles. The average Bonchev–Trinajstić information content (AvgIpc) is 1.60. The summed E-state index contributed by atoms with van der Waals surface area (Å²) in [6.45, 7) is 22.8. The molecule has 668 valence electrons. The monoisotopic (exact) mass is 1800 g/mol. The molecule has 0 saturated carbocycles. The summed E-state index contributed by atoms with van der Waals surface area (Å²) in [6.07, 6.45) is -9.23. The summed E-state index contributed by atoms with van der Waals surface area (Å²) in [4.78, 5) is 54.0. The quantitative estimate of drug-likeness (QED) is 0.0391. The number of aromatic nitrogens is 3. The van der Waals surface area contributed by atoms with Crippen molar-refractivity contribution >= 4 is 68.8 Å². The molecule has 7 heterocycles. The van der Waals surface area contributed by atoms with E-state index in [4.69, 9.17) is 52.6 Å². The molecule has 0 radical (unpaired) electrons. The van der Waals surface area contributed by atoms with Crippen LogP contribution in [0, 0.1) is 6.92 Å². The van der Waals surface area contributed by atoms with Crippen LogP contribution in [0.5, 0.6) is 46.0 Å². The number of hydrogen-bond acceptors (Lipinski definition) is 23. The number of amides is 2. The minimum atomic E-state index is -4.44. The lowest BCUT2D eigenvalue weighted by molar-refractivity contribution is -0.138. The predicted octanol–water partition coefficient (Wildman–Crippen LogP) is 20.2. The van der Waals surface area contributed by atoms with E-state index in [2.05, 4.69) is 78.8 Å². The van der Waals surface area contributed by atoms with Crippen molar-refractivity contribution in [1.29, 1.82) is 0 Å². The number of carbonyl (C=O) groups excluding carboxylic acids is 2. The molecule has 16 rings (SSSR count). The van der Waals surface area contributed by atoms with E-state index in [0.717, 1.165) is 133 Å². The van der Waals surface area contributed by atoms with Crippen LogP contribution in [-0.4, -0.2) is 150 Å². The van der Waals surface area contributed by atoms with E-state index in [0.29, 0.717) is 137 Å². The summed E-state index contributed by atoms with van der Waals surface area (Å²) in [5.74, 6) is 5.86. The van der Waals surface area contributed by atoms with E-state index < -0.39 is 23.5 Å². The normalized spacial score (nSPS) is 13.5. The molecule has 0 bridgehead atoms. The van der Waals surface area contributed by atoms with Crippen LogP contribution in [0.3, 0.4) is 0 Å². The molecule has 12 aromatic rings. The van der Waals surface area contributed by atoms with Crippen molar-refractivity contribution < 1.29 is 78.6 Å². The number of carbonyl (C=O) groups is 2. The molecule has 2 saturated heterocycles. The highest BCUT2D eigenvalue weighted by Crippen LogP contribution is 2.39. The number of anilines is 2. The average molecular weight is 1810 g/mol. The van der Waals surface area contributed by atoms with E-state index in [1.54, 1.807) is 66.9 Å². The predicted molar refractivity (Wildman–Crippen MR) is 484 cm³/mol. The summed E-state index contributed by atoms with van der Waals surface area (Å²) in [6, 6.07) is 62.2. The van der Waals surface area contributed by atoms with E-state index in [-0.39, 0.29) is 32.1 Å². The van der Waals surface area contributed by atoms with Gasteiger partial charge in [-0.2, -0.15) is 26.3 Å². The number of piperazine rings is 2. The lowest BCUT2D eigenvalue weighted by Crippen LogP contribution is -2.50. The van der Waals surface area contributed by atoms with Crippen molar-refractivity contribution in [3.63, 3.8) is 0 Å². The number of methoxy groups -OCH3 is 3. The molecular formula is C97H99F6N11O11S3. The van der Waals surface area contributed by atoms with Gasteiger partial charge < -0.3 is 67.5 Å². The van der Waals surface area contributed by atoms with Crippen molar-refractivity contribution in [1.82, 2.24) is 44.4 Å². The Bertz CT molecular complexity index is 5730. The third-order valence-electron chi connectivity index (χ3n) is 21.6. The third kappa shape index (κ3) is 25.2. The molecule has 0 spiro atoms. The highest BCUT2D eigenvalue weighted by molar-refractivity contribution is 7.10. The standard InChI is InChI=1S/C34H35F3N4O4S.C34H38N4O5S.C29H26F3N3O2S/c1-2-44-33(43)41-17-15-40(16-18-41)32(42)30-24-46-31(38-30)22-39(21-27-9-6-10-28(19-27)34(35,36)37)20-25-11-13-29(14-12-25)45-23-26-7-4-3-5-8-26;1-24(37-13-15-38(16-14-37)29-7-5-6-8-30(29)40-3)28-22-44-34(35-28)21-36(19-25-9-12-31-33(17-25)43-23-42-31)20-26-10-11-27(39-2)18-32(26)41-4;1-19-6-9-24(10-7-19)33-20(2)25-17-38-28(34-25)16-35(14-21-4-3-5-23(12-21)29(30,31)32)15-22-8-11-26-27(13-22)37-18-36-26/h3-14,19,24H,2,15-18,20-23H2,1H3;5-12,17-18,22H,1,13-16,19-21,23H2,2-4H3;3-13,17,33H,2,14-16,18H2,1H3. The van der Waals surface area contributed by atoms with Gasteiger partial charge in [-0.1, -0.05) is 140 Å². The molecule has 2 fully saturated rings. The van der Waals surface area contributed by atoms with Gasteiger partial charge >= 0.3 is 18.4 Å². The summed E-state index contributed by atoms with van der Waals surface area (Å²) < 4.78 is 130. The smallest absolute Gasteiger partial charge is 0.416 e. The summed E-state index contributed by atoms with van der Waals surface area (Å²) in [5.41, 5.74) is 11.7. The zero-order chi connectivity index (χ0) is 89.7. The fourth-order valence-corrected chi connectivity index (χ4v) is 17.4. The Hall–Kier alpha value is -12.7. The number of benzene rings is 9. The summed E-state index contributed by atoms with van der Waals surface area (Å²) >= 11 is 4.49. The van der Waals surface area contributed by atoms with Crippen LogP contribution < -0.4 is 48.1 Å². The first-order valence-electron chi connectivity index (χ1n) is 41.6. The van der Waals surface area contributed by atoms with E-state index in [1.165, 1.54) is 52.5 Å². The molecule has 0 atom stereocenters. The van der Waals surface area contributed by atoms with Crippen LogP contribution in [0.15, 0.2) is 236 Å². The zero-order valence-corrected chi connectivity index (χ0v) is 74.0. The van der Waals surface area contributed by atoms with E-state index in [9.17, 15) is 35.9 Å². The Balaban J connectivity index is 0.000000156. The number of rotatable bonds is 32. The first kappa shape index (κ1) is 91.6. The van der Waals surface area contributed by atoms with Gasteiger partial charge in [-0.05, 0) is 126 Å². The van der Waals surface area contributed by atoms with Crippen molar-refractivity contribution in [3.05, 3.63) is 323 Å². The molecule has 2 amide bonds. The van der Waals surface area contributed by atoms with Crippen molar-refractivity contribution in [3.8, 4) is 46.0 Å². The molecule has 1 N–H and O–H groups in total. The van der Waals surface area contributed by atoms with Gasteiger partial charge in [0.05, 0.1) is 87.2 Å². The number of fused-ring (bicyclic) bond motifs is 2. The van der Waals surface area contributed by atoms with Crippen LogP contribution >= 0.6 is 34.0 Å². The SMILES string of the molecule is C=C(Nc1ccc(C)cc1)c1csc(CN(Cc2cccc(C(F)(F)F)c2)Cc2ccc3c(c2)OCO3)n1.C=C(c1csc(CN(Cc2ccc3c(c2)OCO3)Cc2ccc(OC)cc2OC)n1)N1CCN(c2ccccc2OC)CC1.CCOC(=O)N1CCN(C(=O)c2csc(CN(Cc3ccc(OCc4ccccc4)cc3)Cc3cccc(C(F)(F)F)c3)n2)CC1. The highest BCUT2D eigenvalue weighted by atomic mass is 32.1.